The van der Waals surface area contributed by atoms with Gasteiger partial charge in [-0.05, 0) is 54.7 Å². The average molecular weight is 457 g/mol. The number of rotatable bonds is 4. The fraction of sp³-hybridized carbons (Fsp3) is 0.250. The number of benzene rings is 3. The number of phenolic OH excluding ortho intramolecular Hbond substituents is 1. The summed E-state index contributed by atoms with van der Waals surface area (Å²) in [6, 6.07) is 19.5. The number of Topliss-reactive ketones (excluding diaryl/α,β-unsaturated/α-hetero) is 1. The molecule has 0 aromatic heterocycles. The van der Waals surface area contributed by atoms with Gasteiger partial charge in [-0.1, -0.05) is 42.0 Å². The first-order valence-corrected chi connectivity index (χ1v) is 11.4. The predicted octanol–water partition coefficient (Wildman–Crippen LogP) is 5.70. The SMILES string of the molecule is COc1cc([C@@H]2Nc3ccccc3NC3=C2C(=O)C[C@H](c2ccc(C)cc2)C3)cc(OC)c1O. The van der Waals surface area contributed by atoms with E-state index in [-0.39, 0.29) is 17.5 Å². The molecule has 3 N–H and O–H groups in total. The van der Waals surface area contributed by atoms with Crippen LogP contribution in [0.5, 0.6) is 17.2 Å². The van der Waals surface area contributed by atoms with Gasteiger partial charge in [-0.25, -0.2) is 0 Å². The Hall–Kier alpha value is -3.93. The van der Waals surface area contributed by atoms with Gasteiger partial charge >= 0.3 is 0 Å². The molecule has 0 radical (unpaired) electrons. The Morgan fingerprint density at radius 3 is 2.18 bits per heavy atom. The first-order valence-electron chi connectivity index (χ1n) is 11.4. The average Bonchev–Trinajstić information content (AvgIpc) is 3.01. The molecule has 0 saturated carbocycles. The van der Waals surface area contributed by atoms with E-state index in [0.717, 1.165) is 29.1 Å². The summed E-state index contributed by atoms with van der Waals surface area (Å²) in [4.78, 5) is 13.7. The quantitative estimate of drug-likeness (QED) is 0.468. The lowest BCUT2D eigenvalue weighted by atomic mass is 9.78. The molecule has 0 unspecified atom stereocenters. The van der Waals surface area contributed by atoms with Crippen molar-refractivity contribution in [1.29, 1.82) is 0 Å². The van der Waals surface area contributed by atoms with E-state index < -0.39 is 6.04 Å². The normalized spacial score (nSPS) is 19.3. The molecule has 6 heteroatoms. The third-order valence-corrected chi connectivity index (χ3v) is 6.69. The Labute approximate surface area is 199 Å². The molecular formula is C28H28N2O4. The van der Waals surface area contributed by atoms with Crippen LogP contribution >= 0.6 is 0 Å². The van der Waals surface area contributed by atoms with E-state index in [1.165, 1.54) is 25.3 Å². The fourth-order valence-electron chi connectivity index (χ4n) is 4.90. The third kappa shape index (κ3) is 3.85. The van der Waals surface area contributed by atoms with Crippen LogP contribution in [0.3, 0.4) is 0 Å². The number of para-hydroxylation sites is 2. The van der Waals surface area contributed by atoms with E-state index in [1.807, 2.05) is 24.3 Å². The molecular weight excluding hydrogens is 428 g/mol. The minimum atomic E-state index is -0.430. The van der Waals surface area contributed by atoms with Gasteiger partial charge < -0.3 is 25.2 Å². The molecule has 3 aromatic rings. The van der Waals surface area contributed by atoms with Gasteiger partial charge in [-0.3, -0.25) is 4.79 Å². The largest absolute Gasteiger partial charge is 0.502 e. The summed E-state index contributed by atoms with van der Waals surface area (Å²) in [5, 5.41) is 17.5. The highest BCUT2D eigenvalue weighted by Gasteiger charge is 2.36. The highest BCUT2D eigenvalue weighted by molar-refractivity contribution is 6.01. The highest BCUT2D eigenvalue weighted by atomic mass is 16.5. The molecule has 0 saturated heterocycles. The van der Waals surface area contributed by atoms with Crippen molar-refractivity contribution in [2.45, 2.75) is 31.7 Å². The van der Waals surface area contributed by atoms with Crippen LogP contribution in [0.2, 0.25) is 0 Å². The van der Waals surface area contributed by atoms with Crippen molar-refractivity contribution in [2.75, 3.05) is 24.9 Å². The lowest BCUT2D eigenvalue weighted by Crippen LogP contribution is -2.27. The van der Waals surface area contributed by atoms with Gasteiger partial charge in [0, 0.05) is 17.7 Å². The number of methoxy groups -OCH3 is 2. The van der Waals surface area contributed by atoms with Crippen LogP contribution in [0.4, 0.5) is 11.4 Å². The maximum atomic E-state index is 13.7. The number of aryl methyl sites for hydroxylation is 1. The molecule has 6 nitrogen and oxygen atoms in total. The standard InChI is InChI=1S/C28H28N2O4/c1-16-8-10-17(11-9-16)18-12-22-26(23(31)13-18)27(30-21-7-5-4-6-20(21)29-22)19-14-24(33-2)28(32)25(15-19)34-3/h4-11,14-15,18,27,29-30,32H,12-13H2,1-3H3/t18-,27+/m1/s1. The van der Waals surface area contributed by atoms with Crippen LogP contribution in [-0.4, -0.2) is 25.1 Å². The van der Waals surface area contributed by atoms with Crippen LogP contribution in [0.25, 0.3) is 0 Å². The number of aromatic hydroxyl groups is 1. The Kier molecular flexibility index (Phi) is 5.65. The summed E-state index contributed by atoms with van der Waals surface area (Å²) in [5.74, 6) is 0.725. The lowest BCUT2D eigenvalue weighted by Gasteiger charge is -2.30. The lowest BCUT2D eigenvalue weighted by molar-refractivity contribution is -0.116. The highest BCUT2D eigenvalue weighted by Crippen LogP contribution is 2.47. The monoisotopic (exact) mass is 456 g/mol. The topological polar surface area (TPSA) is 79.8 Å². The molecule has 1 aliphatic carbocycles. The minimum absolute atomic E-state index is 0.0653. The van der Waals surface area contributed by atoms with Gasteiger partial charge in [-0.15, -0.1) is 0 Å². The number of carbonyl (C=O) groups excluding carboxylic acids is 1. The van der Waals surface area contributed by atoms with E-state index in [0.29, 0.717) is 23.5 Å². The van der Waals surface area contributed by atoms with Crippen molar-refractivity contribution in [3.8, 4) is 17.2 Å². The van der Waals surface area contributed by atoms with Crippen molar-refractivity contribution in [3.05, 3.63) is 88.6 Å². The third-order valence-electron chi connectivity index (χ3n) is 6.69. The van der Waals surface area contributed by atoms with Crippen LogP contribution < -0.4 is 20.1 Å². The molecule has 3 aromatic carbocycles. The Bertz CT molecular complexity index is 1250. The van der Waals surface area contributed by atoms with E-state index in [1.54, 1.807) is 12.1 Å². The number of ether oxygens (including phenoxy) is 2. The Morgan fingerprint density at radius 1 is 0.882 bits per heavy atom. The molecule has 1 heterocycles. The van der Waals surface area contributed by atoms with Gasteiger partial charge in [-0.2, -0.15) is 0 Å². The number of anilines is 2. The van der Waals surface area contributed by atoms with Crippen molar-refractivity contribution in [1.82, 2.24) is 0 Å². The summed E-state index contributed by atoms with van der Waals surface area (Å²) in [5.41, 5.74) is 6.58. The maximum Gasteiger partial charge on any atom is 0.200 e. The number of hydrogen-bond donors (Lipinski definition) is 3. The van der Waals surface area contributed by atoms with Crippen molar-refractivity contribution in [3.63, 3.8) is 0 Å². The number of hydrogen-bond acceptors (Lipinski definition) is 6. The zero-order chi connectivity index (χ0) is 23.8. The van der Waals surface area contributed by atoms with E-state index in [4.69, 9.17) is 9.47 Å². The number of fused-ring (bicyclic) bond motifs is 1. The molecule has 0 bridgehead atoms. The van der Waals surface area contributed by atoms with Gasteiger partial charge in [0.25, 0.3) is 0 Å². The molecule has 0 fully saturated rings. The van der Waals surface area contributed by atoms with Crippen molar-refractivity contribution < 1.29 is 19.4 Å². The van der Waals surface area contributed by atoms with Crippen LogP contribution in [-0.2, 0) is 4.79 Å². The summed E-state index contributed by atoms with van der Waals surface area (Å²) in [6.07, 6.45) is 1.16. The molecule has 0 spiro atoms. The van der Waals surface area contributed by atoms with E-state index >= 15 is 0 Å². The molecule has 2 atom stereocenters. The van der Waals surface area contributed by atoms with Crippen LogP contribution in [0.15, 0.2) is 71.9 Å². The maximum absolute atomic E-state index is 13.7. The van der Waals surface area contributed by atoms with Gasteiger partial charge in [0.2, 0.25) is 5.75 Å². The molecule has 5 rings (SSSR count). The molecule has 34 heavy (non-hydrogen) atoms. The van der Waals surface area contributed by atoms with Gasteiger partial charge in [0.05, 0.1) is 31.6 Å². The van der Waals surface area contributed by atoms with E-state index in [9.17, 15) is 9.90 Å². The zero-order valence-corrected chi connectivity index (χ0v) is 19.5. The summed E-state index contributed by atoms with van der Waals surface area (Å²) in [6.45, 7) is 2.07. The van der Waals surface area contributed by atoms with Crippen LogP contribution in [0.1, 0.15) is 41.5 Å². The van der Waals surface area contributed by atoms with E-state index in [2.05, 4.69) is 41.8 Å². The number of allylic oxidation sites excluding steroid dienone is 1. The van der Waals surface area contributed by atoms with Gasteiger partial charge in [0.15, 0.2) is 17.3 Å². The summed E-state index contributed by atoms with van der Waals surface area (Å²) in [7, 11) is 3.00. The first kappa shape index (κ1) is 21.9. The minimum Gasteiger partial charge on any atom is -0.502 e. The Morgan fingerprint density at radius 2 is 1.53 bits per heavy atom. The van der Waals surface area contributed by atoms with Crippen molar-refractivity contribution in [2.24, 2.45) is 0 Å². The zero-order valence-electron chi connectivity index (χ0n) is 19.5. The molecule has 1 aliphatic heterocycles. The number of nitrogens with one attached hydrogen (secondary N) is 2. The second kappa shape index (κ2) is 8.78. The summed E-state index contributed by atoms with van der Waals surface area (Å²) >= 11 is 0. The number of carbonyl (C=O) groups is 1. The second-order valence-electron chi connectivity index (χ2n) is 8.85. The first-order chi connectivity index (χ1) is 16.5. The Balaban J connectivity index is 1.64. The second-order valence-corrected chi connectivity index (χ2v) is 8.85. The van der Waals surface area contributed by atoms with Gasteiger partial charge in [0.1, 0.15) is 0 Å². The number of phenols is 1. The summed E-state index contributed by atoms with van der Waals surface area (Å²) < 4.78 is 10.8. The fourth-order valence-corrected chi connectivity index (χ4v) is 4.90. The van der Waals surface area contributed by atoms with Crippen molar-refractivity contribution >= 4 is 17.2 Å². The molecule has 0 amide bonds. The smallest absolute Gasteiger partial charge is 0.200 e. The molecule has 2 aliphatic rings. The predicted molar refractivity (Wildman–Crippen MR) is 133 cm³/mol. The van der Waals surface area contributed by atoms with Crippen LogP contribution in [0, 0.1) is 6.92 Å². The molecule has 174 valence electrons. The number of ketones is 1.